The van der Waals surface area contributed by atoms with Gasteiger partial charge in [0.05, 0.1) is 6.61 Å². The van der Waals surface area contributed by atoms with Gasteiger partial charge in [0.1, 0.15) is 11.2 Å². The van der Waals surface area contributed by atoms with Gasteiger partial charge in [-0.2, -0.15) is 11.8 Å². The minimum atomic E-state index is -0.579. The minimum absolute atomic E-state index is 0.347. The van der Waals surface area contributed by atoms with Gasteiger partial charge in [0.2, 0.25) is 0 Å². The number of hydrogen-bond acceptors (Lipinski definition) is 5. The van der Waals surface area contributed by atoms with Crippen LogP contribution in [-0.4, -0.2) is 29.4 Å². The number of halogens is 2. The largest absolute Gasteiger partial charge is 0.465 e. The van der Waals surface area contributed by atoms with Crippen molar-refractivity contribution >= 4 is 40.9 Å². The molecule has 1 aromatic heterocycles. The Balaban J connectivity index is 2.40. The third-order valence-corrected chi connectivity index (χ3v) is 4.22. The van der Waals surface area contributed by atoms with Crippen LogP contribution < -0.4 is 5.73 Å². The van der Waals surface area contributed by atoms with E-state index in [1.54, 1.807) is 24.8 Å². The maximum Gasteiger partial charge on any atom is 0.322 e. The SMILES string of the molecule is CCOC(=O)C(N)CCSCc1c(Cl)cc(C)nc1Cl. The Hall–Kier alpha value is -0.490. The maximum atomic E-state index is 11.3. The number of esters is 1. The van der Waals surface area contributed by atoms with Gasteiger partial charge in [0.15, 0.2) is 0 Å². The molecule has 1 heterocycles. The van der Waals surface area contributed by atoms with Crippen molar-refractivity contribution in [3.63, 3.8) is 0 Å². The van der Waals surface area contributed by atoms with Crippen molar-refractivity contribution in [3.8, 4) is 0 Å². The molecule has 0 amide bonds. The number of carbonyl (C=O) groups excluding carboxylic acids is 1. The normalized spacial score (nSPS) is 12.2. The molecule has 1 atom stereocenters. The first kappa shape index (κ1) is 17.6. The molecule has 4 nitrogen and oxygen atoms in total. The van der Waals surface area contributed by atoms with E-state index in [9.17, 15) is 4.79 Å². The average molecular weight is 337 g/mol. The average Bonchev–Trinajstić information content (AvgIpc) is 2.36. The lowest BCUT2D eigenvalue weighted by atomic mass is 10.2. The van der Waals surface area contributed by atoms with Gasteiger partial charge in [-0.1, -0.05) is 23.2 Å². The topological polar surface area (TPSA) is 65.2 Å². The Labute approximate surface area is 133 Å². The van der Waals surface area contributed by atoms with E-state index in [0.717, 1.165) is 17.0 Å². The molecule has 1 unspecified atom stereocenters. The molecule has 0 saturated carbocycles. The molecular weight excluding hydrogens is 319 g/mol. The number of nitrogens with zero attached hydrogens (tertiary/aromatic N) is 1. The van der Waals surface area contributed by atoms with Gasteiger partial charge < -0.3 is 10.5 Å². The van der Waals surface area contributed by atoms with E-state index in [2.05, 4.69) is 4.98 Å². The zero-order chi connectivity index (χ0) is 15.1. The highest BCUT2D eigenvalue weighted by Gasteiger charge is 2.14. The highest BCUT2D eigenvalue weighted by atomic mass is 35.5. The van der Waals surface area contributed by atoms with Crippen molar-refractivity contribution < 1.29 is 9.53 Å². The summed E-state index contributed by atoms with van der Waals surface area (Å²) in [7, 11) is 0. The number of hydrogen-bond donors (Lipinski definition) is 1. The minimum Gasteiger partial charge on any atom is -0.465 e. The molecule has 0 spiro atoms. The van der Waals surface area contributed by atoms with Crippen molar-refractivity contribution in [2.45, 2.75) is 32.1 Å². The zero-order valence-electron chi connectivity index (χ0n) is 11.5. The van der Waals surface area contributed by atoms with Crippen LogP contribution >= 0.6 is 35.0 Å². The van der Waals surface area contributed by atoms with E-state index >= 15 is 0 Å². The molecular formula is C13H18Cl2N2O2S. The molecule has 0 fully saturated rings. The van der Waals surface area contributed by atoms with E-state index in [1.807, 2.05) is 6.92 Å². The third-order valence-electron chi connectivity index (χ3n) is 2.56. The molecule has 2 N–H and O–H groups in total. The zero-order valence-corrected chi connectivity index (χ0v) is 13.8. The summed E-state index contributed by atoms with van der Waals surface area (Å²) >= 11 is 13.8. The molecule has 1 aromatic rings. The molecule has 0 saturated heterocycles. The molecule has 0 aromatic carbocycles. The van der Waals surface area contributed by atoms with Crippen LogP contribution in [0, 0.1) is 6.92 Å². The van der Waals surface area contributed by atoms with Gasteiger partial charge in [0.25, 0.3) is 0 Å². The second-order valence-corrected chi connectivity index (χ2v) is 6.09. The van der Waals surface area contributed by atoms with Crippen molar-refractivity contribution in [1.82, 2.24) is 4.98 Å². The Morgan fingerprint density at radius 3 is 2.85 bits per heavy atom. The Kier molecular flexibility index (Phi) is 7.66. The maximum absolute atomic E-state index is 11.3. The van der Waals surface area contributed by atoms with Gasteiger partial charge >= 0.3 is 5.97 Å². The molecule has 1 rings (SSSR count). The molecule has 20 heavy (non-hydrogen) atoms. The summed E-state index contributed by atoms with van der Waals surface area (Å²) in [5, 5.41) is 1.04. The highest BCUT2D eigenvalue weighted by molar-refractivity contribution is 7.98. The Morgan fingerprint density at radius 1 is 1.55 bits per heavy atom. The monoisotopic (exact) mass is 336 g/mol. The molecule has 0 aliphatic rings. The van der Waals surface area contributed by atoms with Crippen LogP contribution in [0.4, 0.5) is 0 Å². The molecule has 112 valence electrons. The third kappa shape index (κ3) is 5.48. The lowest BCUT2D eigenvalue weighted by molar-refractivity contribution is -0.144. The molecule has 7 heteroatoms. The van der Waals surface area contributed by atoms with Gasteiger partial charge in [-0.15, -0.1) is 0 Å². The van der Waals surface area contributed by atoms with Crippen LogP contribution in [0.5, 0.6) is 0 Å². The molecule has 0 aliphatic heterocycles. The number of aryl methyl sites for hydroxylation is 1. The number of ether oxygens (including phenoxy) is 1. The van der Waals surface area contributed by atoms with Crippen LogP contribution in [0.25, 0.3) is 0 Å². The number of thioether (sulfide) groups is 1. The summed E-state index contributed by atoms with van der Waals surface area (Å²) < 4.78 is 4.84. The summed E-state index contributed by atoms with van der Waals surface area (Å²) in [5.41, 5.74) is 7.31. The lowest BCUT2D eigenvalue weighted by Gasteiger charge is -2.11. The quantitative estimate of drug-likeness (QED) is 0.470. The smallest absolute Gasteiger partial charge is 0.322 e. The van der Waals surface area contributed by atoms with Crippen molar-refractivity contribution in [1.29, 1.82) is 0 Å². The summed E-state index contributed by atoms with van der Waals surface area (Å²) in [5.74, 6) is 1.00. The second-order valence-electron chi connectivity index (χ2n) is 4.21. The summed E-state index contributed by atoms with van der Waals surface area (Å²) in [4.78, 5) is 15.5. The van der Waals surface area contributed by atoms with Crippen molar-refractivity contribution in [2.75, 3.05) is 12.4 Å². The fourth-order valence-electron chi connectivity index (χ4n) is 1.50. The van der Waals surface area contributed by atoms with Crippen LogP contribution in [-0.2, 0) is 15.3 Å². The predicted molar refractivity (Wildman–Crippen MR) is 84.4 cm³/mol. The van der Waals surface area contributed by atoms with Crippen molar-refractivity contribution in [2.24, 2.45) is 5.73 Å². The molecule has 0 aliphatic carbocycles. The number of pyridine rings is 1. The van der Waals surface area contributed by atoms with Crippen molar-refractivity contribution in [3.05, 3.63) is 27.5 Å². The first-order chi connectivity index (χ1) is 9.45. The lowest BCUT2D eigenvalue weighted by Crippen LogP contribution is -2.32. The van der Waals surface area contributed by atoms with E-state index in [0.29, 0.717) is 29.0 Å². The standard InChI is InChI=1S/C13H18Cl2N2O2S/c1-3-19-13(18)11(16)4-5-20-7-9-10(14)6-8(2)17-12(9)15/h6,11H,3-5,7,16H2,1-2H3. The summed E-state index contributed by atoms with van der Waals surface area (Å²) in [6.45, 7) is 3.95. The van der Waals surface area contributed by atoms with Crippen LogP contribution in [0.3, 0.4) is 0 Å². The predicted octanol–water partition coefficient (Wildman–Crippen LogP) is 3.21. The van der Waals surface area contributed by atoms with E-state index in [-0.39, 0.29) is 5.97 Å². The van der Waals surface area contributed by atoms with Crippen LogP contribution in [0.15, 0.2) is 6.07 Å². The first-order valence-electron chi connectivity index (χ1n) is 6.27. The number of carbonyl (C=O) groups is 1. The number of nitrogens with two attached hydrogens (primary N) is 1. The first-order valence-corrected chi connectivity index (χ1v) is 8.18. The Bertz CT molecular complexity index is 449. The van der Waals surface area contributed by atoms with E-state index < -0.39 is 6.04 Å². The van der Waals surface area contributed by atoms with Crippen LogP contribution in [0.2, 0.25) is 10.2 Å². The second kappa shape index (κ2) is 8.72. The van der Waals surface area contributed by atoms with Gasteiger partial charge in [-0.25, -0.2) is 4.98 Å². The Morgan fingerprint density at radius 2 is 2.25 bits per heavy atom. The molecule has 0 radical (unpaired) electrons. The highest BCUT2D eigenvalue weighted by Crippen LogP contribution is 2.28. The molecule has 0 bridgehead atoms. The van der Waals surface area contributed by atoms with Gasteiger partial charge in [0, 0.05) is 22.0 Å². The summed E-state index contributed by atoms with van der Waals surface area (Å²) in [6.07, 6.45) is 0.554. The van der Waals surface area contributed by atoms with E-state index in [1.165, 1.54) is 0 Å². The number of aromatic nitrogens is 1. The van der Waals surface area contributed by atoms with Gasteiger partial charge in [-0.05, 0) is 32.1 Å². The fourth-order valence-corrected chi connectivity index (χ4v) is 3.39. The van der Waals surface area contributed by atoms with E-state index in [4.69, 9.17) is 33.7 Å². The summed E-state index contributed by atoms with van der Waals surface area (Å²) in [6, 6.07) is 1.21. The fraction of sp³-hybridized carbons (Fsp3) is 0.538. The van der Waals surface area contributed by atoms with Gasteiger partial charge in [-0.3, -0.25) is 4.79 Å². The number of rotatable bonds is 7. The van der Waals surface area contributed by atoms with Crippen LogP contribution in [0.1, 0.15) is 24.6 Å².